The molecule has 58 valence electrons. The van der Waals surface area contributed by atoms with Gasteiger partial charge in [-0.1, -0.05) is 0 Å². The largest absolute Gasteiger partial charge is 0.366 e. The summed E-state index contributed by atoms with van der Waals surface area (Å²) in [5.74, 6) is -0.857. The van der Waals surface area contributed by atoms with E-state index < -0.39 is 11.8 Å². The van der Waals surface area contributed by atoms with Crippen molar-refractivity contribution in [2.75, 3.05) is 0 Å². The van der Waals surface area contributed by atoms with Crippen LogP contribution in [0.2, 0.25) is 0 Å². The van der Waals surface area contributed by atoms with Crippen LogP contribution < -0.4 is 4.91 Å². The van der Waals surface area contributed by atoms with Crippen LogP contribution in [0.5, 0.6) is 0 Å². The molecule has 0 atom stereocenters. The lowest BCUT2D eigenvalue weighted by molar-refractivity contribution is -0.139. The Morgan fingerprint density at radius 3 is 2.36 bits per heavy atom. The van der Waals surface area contributed by atoms with Crippen LogP contribution in [-0.2, 0) is 9.59 Å². The molecule has 0 aliphatic carbocycles. The van der Waals surface area contributed by atoms with E-state index in [1.807, 2.05) is 0 Å². The molecule has 0 aromatic heterocycles. The summed E-state index contributed by atoms with van der Waals surface area (Å²) in [5.41, 5.74) is 0. The Balaban J connectivity index is 2.77. The Kier molecular flexibility index (Phi) is 1.93. The summed E-state index contributed by atoms with van der Waals surface area (Å²) in [7, 11) is 0. The minimum absolute atomic E-state index is 0.142. The predicted molar refractivity (Wildman–Crippen MR) is 29.9 cm³/mol. The van der Waals surface area contributed by atoms with Crippen molar-refractivity contribution < 1.29 is 14.8 Å². The number of rotatable bonds is 1. The van der Waals surface area contributed by atoms with Crippen LogP contribution in [-0.4, -0.2) is 22.0 Å². The standard InChI is InChI=1S/C4H4N4O3/c9-3-1-2-4(10)8(3)6-5-7-11/h1-2H2/p+1. The second kappa shape index (κ2) is 2.89. The maximum atomic E-state index is 10.7. The summed E-state index contributed by atoms with van der Waals surface area (Å²) in [4.78, 5) is 24.2. The van der Waals surface area contributed by atoms with Gasteiger partial charge in [0.2, 0.25) is 10.5 Å². The number of amides is 2. The van der Waals surface area contributed by atoms with E-state index in [-0.39, 0.29) is 12.8 Å². The fourth-order valence-electron chi connectivity index (χ4n) is 0.722. The normalized spacial score (nSPS) is 16.5. The number of hydrogen-bond acceptors (Lipinski definition) is 4. The van der Waals surface area contributed by atoms with Crippen molar-refractivity contribution in [3.05, 3.63) is 0 Å². The van der Waals surface area contributed by atoms with Gasteiger partial charge in [-0.05, 0) is 5.01 Å². The van der Waals surface area contributed by atoms with Crippen molar-refractivity contribution in [3.63, 3.8) is 0 Å². The molecule has 0 aromatic carbocycles. The van der Waals surface area contributed by atoms with Gasteiger partial charge in [0.15, 0.2) is 0 Å². The minimum atomic E-state index is -0.428. The third-order valence-electron chi connectivity index (χ3n) is 1.19. The molecule has 1 aliphatic rings. The fourth-order valence-corrected chi connectivity index (χ4v) is 0.722. The SMILES string of the molecule is O=C1CCC(=O)N1N=[N+]=NO. The molecular formula is C4H5N4O3+. The highest BCUT2D eigenvalue weighted by molar-refractivity contribution is 6.01. The number of imide groups is 1. The van der Waals surface area contributed by atoms with Gasteiger partial charge in [0.25, 0.3) is 0 Å². The fraction of sp³-hybridized carbons (Fsp3) is 0.500. The Hall–Kier alpha value is -1.75. The van der Waals surface area contributed by atoms with Gasteiger partial charge in [-0.25, -0.2) is 9.59 Å². The first kappa shape index (κ1) is 7.36. The summed E-state index contributed by atoms with van der Waals surface area (Å²) in [6, 6.07) is 0. The molecule has 0 unspecified atom stereocenters. The molecule has 11 heavy (non-hydrogen) atoms. The number of hydrogen-bond donors (Lipinski definition) is 1. The zero-order valence-corrected chi connectivity index (χ0v) is 5.47. The minimum Gasteiger partial charge on any atom is -0.366 e. The lowest BCUT2D eigenvalue weighted by Crippen LogP contribution is -2.22. The Morgan fingerprint density at radius 2 is 1.91 bits per heavy atom. The average Bonchev–Trinajstić information content (AvgIpc) is 2.29. The molecule has 7 heteroatoms. The molecule has 1 N–H and O–H groups in total. The number of nitrogens with zero attached hydrogens (tertiary/aromatic N) is 4. The maximum Gasteiger partial charge on any atom is 0.339 e. The highest BCUT2D eigenvalue weighted by Crippen LogP contribution is 2.10. The molecule has 0 bridgehead atoms. The molecule has 1 heterocycles. The van der Waals surface area contributed by atoms with Crippen LogP contribution in [0.4, 0.5) is 0 Å². The Bertz CT molecular complexity index is 238. The van der Waals surface area contributed by atoms with Crippen molar-refractivity contribution in [2.24, 2.45) is 10.5 Å². The first-order valence-electron chi connectivity index (χ1n) is 2.86. The van der Waals surface area contributed by atoms with Crippen molar-refractivity contribution in [1.29, 1.82) is 0 Å². The third kappa shape index (κ3) is 1.39. The van der Waals surface area contributed by atoms with Gasteiger partial charge < -0.3 is 5.21 Å². The summed E-state index contributed by atoms with van der Waals surface area (Å²) >= 11 is 0. The van der Waals surface area contributed by atoms with Crippen LogP contribution in [0, 0.1) is 0 Å². The second-order valence-corrected chi connectivity index (χ2v) is 1.87. The zero-order valence-electron chi connectivity index (χ0n) is 5.47. The van der Waals surface area contributed by atoms with E-state index in [4.69, 9.17) is 5.21 Å². The van der Waals surface area contributed by atoms with Crippen molar-refractivity contribution in [3.8, 4) is 0 Å². The topological polar surface area (TPSA) is 96.4 Å². The van der Waals surface area contributed by atoms with Gasteiger partial charge in [-0.15, -0.1) is 0 Å². The summed E-state index contributed by atoms with van der Waals surface area (Å²) in [6.45, 7) is 0. The van der Waals surface area contributed by atoms with Gasteiger partial charge in [-0.2, -0.15) is 0 Å². The van der Waals surface area contributed by atoms with Gasteiger partial charge in [0, 0.05) is 0 Å². The predicted octanol–water partition coefficient (Wildman–Crippen LogP) is -0.589. The monoisotopic (exact) mass is 157 g/mol. The van der Waals surface area contributed by atoms with Crippen molar-refractivity contribution >= 4 is 11.8 Å². The first-order valence-corrected chi connectivity index (χ1v) is 2.86. The molecule has 1 fully saturated rings. The van der Waals surface area contributed by atoms with E-state index >= 15 is 0 Å². The molecule has 1 rings (SSSR count). The van der Waals surface area contributed by atoms with Gasteiger partial charge in [0.05, 0.1) is 17.8 Å². The second-order valence-electron chi connectivity index (χ2n) is 1.87. The van der Waals surface area contributed by atoms with Gasteiger partial charge in [0.1, 0.15) is 0 Å². The molecular weight excluding hydrogens is 152 g/mol. The van der Waals surface area contributed by atoms with E-state index in [0.29, 0.717) is 5.01 Å². The molecule has 0 radical (unpaired) electrons. The van der Waals surface area contributed by atoms with E-state index in [2.05, 4.69) is 15.4 Å². The number of carbonyl (C=O) groups is 2. The summed E-state index contributed by atoms with van der Waals surface area (Å²) in [6.07, 6.45) is 0.284. The van der Waals surface area contributed by atoms with Crippen LogP contribution in [0.1, 0.15) is 12.8 Å². The van der Waals surface area contributed by atoms with Crippen LogP contribution >= 0.6 is 0 Å². The highest BCUT2D eigenvalue weighted by Gasteiger charge is 2.38. The highest BCUT2D eigenvalue weighted by atomic mass is 16.5. The first-order chi connectivity index (χ1) is 5.25. The molecule has 7 nitrogen and oxygen atoms in total. The number of carbonyl (C=O) groups excluding carboxylic acids is 2. The lowest BCUT2D eigenvalue weighted by atomic mass is 10.4. The average molecular weight is 157 g/mol. The van der Waals surface area contributed by atoms with Crippen molar-refractivity contribution in [2.45, 2.75) is 12.8 Å². The van der Waals surface area contributed by atoms with E-state index in [0.717, 1.165) is 0 Å². The zero-order chi connectivity index (χ0) is 8.27. The van der Waals surface area contributed by atoms with Gasteiger partial charge in [-0.3, -0.25) is 0 Å². The maximum absolute atomic E-state index is 10.7. The van der Waals surface area contributed by atoms with E-state index in [1.54, 1.807) is 0 Å². The third-order valence-corrected chi connectivity index (χ3v) is 1.19. The van der Waals surface area contributed by atoms with Gasteiger partial charge >= 0.3 is 11.8 Å². The molecule has 0 aromatic rings. The van der Waals surface area contributed by atoms with Crippen molar-refractivity contribution in [1.82, 2.24) is 9.92 Å². The lowest BCUT2D eigenvalue weighted by Gasteiger charge is -1.86. The molecule has 0 saturated carbocycles. The molecule has 0 spiro atoms. The Labute approximate surface area is 61.0 Å². The molecule has 2 amide bonds. The quantitative estimate of drug-likeness (QED) is 0.238. The molecule has 1 aliphatic heterocycles. The van der Waals surface area contributed by atoms with E-state index in [9.17, 15) is 9.59 Å². The van der Waals surface area contributed by atoms with Crippen LogP contribution in [0.15, 0.2) is 10.5 Å². The smallest absolute Gasteiger partial charge is 0.339 e. The molecule has 1 saturated heterocycles. The van der Waals surface area contributed by atoms with Crippen LogP contribution in [0.25, 0.3) is 0 Å². The summed E-state index contributed by atoms with van der Waals surface area (Å²) < 4.78 is 0. The van der Waals surface area contributed by atoms with E-state index in [1.165, 1.54) is 0 Å². The van der Waals surface area contributed by atoms with Crippen LogP contribution in [0.3, 0.4) is 0 Å². The Morgan fingerprint density at radius 1 is 1.36 bits per heavy atom. The summed E-state index contributed by atoms with van der Waals surface area (Å²) in [5, 5.41) is 13.7.